The Balaban J connectivity index is 1.38. The number of pyridine rings is 2. The number of halogens is 2. The molecule has 162 valence electrons. The van der Waals surface area contributed by atoms with Gasteiger partial charge in [-0.15, -0.1) is 0 Å². The number of methoxy groups -OCH3 is 1. The van der Waals surface area contributed by atoms with Crippen molar-refractivity contribution in [3.05, 3.63) is 47.8 Å². The molecule has 31 heavy (non-hydrogen) atoms. The van der Waals surface area contributed by atoms with Gasteiger partial charge in [0.25, 0.3) is 5.92 Å². The zero-order valence-corrected chi connectivity index (χ0v) is 17.2. The molecule has 2 aliphatic rings. The Morgan fingerprint density at radius 2 is 2.13 bits per heavy atom. The molecule has 1 amide bonds. The smallest absolute Gasteiger partial charge is 0.273 e. The molecule has 0 radical (unpaired) electrons. The molecule has 2 saturated heterocycles. The van der Waals surface area contributed by atoms with E-state index in [-0.39, 0.29) is 29.8 Å². The van der Waals surface area contributed by atoms with E-state index in [0.29, 0.717) is 31.6 Å². The van der Waals surface area contributed by atoms with Gasteiger partial charge in [0.1, 0.15) is 11.9 Å². The van der Waals surface area contributed by atoms with Crippen LogP contribution in [0.5, 0.6) is 5.88 Å². The fourth-order valence-corrected chi connectivity index (χ4v) is 4.35. The van der Waals surface area contributed by atoms with Crippen LogP contribution < -0.4 is 9.64 Å². The number of nitriles is 1. The lowest BCUT2D eigenvalue weighted by Gasteiger charge is -2.38. The van der Waals surface area contributed by atoms with Crippen molar-refractivity contribution in [1.82, 2.24) is 14.9 Å². The van der Waals surface area contributed by atoms with Crippen molar-refractivity contribution in [2.24, 2.45) is 5.92 Å². The number of nitrogens with zero attached hydrogens (tertiary/aromatic N) is 5. The summed E-state index contributed by atoms with van der Waals surface area (Å²) < 4.78 is 34.4. The first-order valence-electron chi connectivity index (χ1n) is 10.2. The number of ether oxygens (including phenoxy) is 1. The minimum atomic E-state index is -3.06. The summed E-state index contributed by atoms with van der Waals surface area (Å²) in [5.41, 5.74) is 0.340. The Hall–Kier alpha value is -3.28. The maximum atomic E-state index is 14.7. The van der Waals surface area contributed by atoms with E-state index in [1.165, 1.54) is 31.6 Å². The molecule has 7 nitrogen and oxygen atoms in total. The zero-order valence-electron chi connectivity index (χ0n) is 17.2. The normalized spacial score (nSPS) is 21.0. The number of hydrogen-bond acceptors (Lipinski definition) is 6. The Labute approximate surface area is 179 Å². The van der Waals surface area contributed by atoms with Crippen LogP contribution in [0, 0.1) is 17.2 Å². The highest BCUT2D eigenvalue weighted by Gasteiger charge is 2.44. The number of amides is 1. The molecule has 0 aromatic carbocycles. The Morgan fingerprint density at radius 1 is 1.29 bits per heavy atom. The fraction of sp³-hybridized carbons (Fsp3) is 0.455. The molecule has 4 heterocycles. The molecule has 0 spiro atoms. The molecule has 2 aromatic heterocycles. The van der Waals surface area contributed by atoms with Gasteiger partial charge in [0, 0.05) is 56.0 Å². The van der Waals surface area contributed by atoms with Crippen molar-refractivity contribution < 1.29 is 18.3 Å². The van der Waals surface area contributed by atoms with Crippen LogP contribution in [-0.2, 0) is 10.7 Å². The minimum absolute atomic E-state index is 0.0154. The monoisotopic (exact) mass is 427 g/mol. The van der Waals surface area contributed by atoms with Gasteiger partial charge in [-0.2, -0.15) is 5.26 Å². The van der Waals surface area contributed by atoms with Gasteiger partial charge >= 0.3 is 0 Å². The molecule has 4 rings (SSSR count). The van der Waals surface area contributed by atoms with Gasteiger partial charge < -0.3 is 14.5 Å². The summed E-state index contributed by atoms with van der Waals surface area (Å²) in [5.74, 6) is -2.61. The Bertz CT molecular complexity index is 992. The lowest BCUT2D eigenvalue weighted by molar-refractivity contribution is -0.132. The average molecular weight is 427 g/mol. The molecule has 0 N–H and O–H groups in total. The summed E-state index contributed by atoms with van der Waals surface area (Å²) >= 11 is 0. The lowest BCUT2D eigenvalue weighted by atomic mass is 9.94. The third-order valence-electron chi connectivity index (χ3n) is 6.05. The first kappa shape index (κ1) is 21.0. The number of anilines is 1. The largest absolute Gasteiger partial charge is 0.481 e. The van der Waals surface area contributed by atoms with Crippen molar-refractivity contribution >= 4 is 11.7 Å². The summed E-state index contributed by atoms with van der Waals surface area (Å²) in [4.78, 5) is 24.9. The summed E-state index contributed by atoms with van der Waals surface area (Å²) in [7, 11) is 1.38. The predicted octanol–water partition coefficient (Wildman–Crippen LogP) is 2.97. The van der Waals surface area contributed by atoms with Crippen LogP contribution in [0.1, 0.15) is 30.4 Å². The van der Waals surface area contributed by atoms with E-state index in [0.717, 1.165) is 5.82 Å². The molecule has 2 atom stereocenters. The van der Waals surface area contributed by atoms with Crippen molar-refractivity contribution in [3.63, 3.8) is 0 Å². The van der Waals surface area contributed by atoms with Crippen LogP contribution in [0.4, 0.5) is 14.6 Å². The molecular formula is C22H23F2N5O2. The highest BCUT2D eigenvalue weighted by molar-refractivity contribution is 5.82. The van der Waals surface area contributed by atoms with Gasteiger partial charge in [-0.05, 0) is 31.0 Å². The summed E-state index contributed by atoms with van der Waals surface area (Å²) in [5, 5.41) is 8.92. The van der Waals surface area contributed by atoms with Crippen LogP contribution in [0.25, 0.3) is 0 Å². The van der Waals surface area contributed by atoms with Crippen molar-refractivity contribution in [1.29, 1.82) is 5.26 Å². The van der Waals surface area contributed by atoms with E-state index >= 15 is 0 Å². The third-order valence-corrected chi connectivity index (χ3v) is 6.05. The van der Waals surface area contributed by atoms with E-state index in [9.17, 15) is 13.6 Å². The van der Waals surface area contributed by atoms with Gasteiger partial charge in [0.05, 0.1) is 18.7 Å². The third kappa shape index (κ3) is 4.29. The molecular weight excluding hydrogens is 404 g/mol. The quantitative estimate of drug-likeness (QED) is 0.705. The molecule has 9 heteroatoms. The highest BCUT2D eigenvalue weighted by Crippen LogP contribution is 2.38. The lowest BCUT2D eigenvalue weighted by Crippen LogP contribution is -2.51. The Kier molecular flexibility index (Phi) is 5.72. The van der Waals surface area contributed by atoms with Gasteiger partial charge in [0.15, 0.2) is 0 Å². The van der Waals surface area contributed by atoms with Crippen LogP contribution >= 0.6 is 0 Å². The number of aromatic nitrogens is 2. The predicted molar refractivity (Wildman–Crippen MR) is 109 cm³/mol. The number of carbonyl (C=O) groups is 1. The minimum Gasteiger partial charge on any atom is -0.481 e. The number of piperazine rings is 1. The van der Waals surface area contributed by atoms with E-state index < -0.39 is 18.3 Å². The van der Waals surface area contributed by atoms with Crippen LogP contribution in [0.2, 0.25) is 0 Å². The van der Waals surface area contributed by atoms with Gasteiger partial charge in [-0.1, -0.05) is 0 Å². The zero-order chi connectivity index (χ0) is 22.0. The number of fused-ring (bicyclic) bond motifs is 1. The van der Waals surface area contributed by atoms with Crippen LogP contribution in [-0.4, -0.2) is 53.6 Å². The average Bonchev–Trinajstić information content (AvgIpc) is 3.12. The van der Waals surface area contributed by atoms with Crippen LogP contribution in [0.3, 0.4) is 0 Å². The number of carbonyl (C=O) groups excluding carboxylic acids is 1. The van der Waals surface area contributed by atoms with Gasteiger partial charge in [0.2, 0.25) is 11.8 Å². The van der Waals surface area contributed by atoms with E-state index in [1.807, 2.05) is 11.0 Å². The second kappa shape index (κ2) is 8.46. The standard InChI is InChI=1S/C22H23F2N5O2/c1-31-20-11-17(5-7-26-20)22(23,24)6-4-16-10-18-14-28(8-9-29(18)21(16)30)19-3-2-15(12-25)13-27-19/h2-3,5,7,11,13,16,18H,4,6,8-10,14H2,1H3/t16-,18-/m0/s1. The van der Waals surface area contributed by atoms with E-state index in [1.54, 1.807) is 12.1 Å². The first-order chi connectivity index (χ1) is 14.9. The molecule has 0 saturated carbocycles. The van der Waals surface area contributed by atoms with E-state index in [2.05, 4.69) is 14.9 Å². The molecule has 0 aliphatic carbocycles. The number of rotatable bonds is 6. The fourth-order valence-electron chi connectivity index (χ4n) is 4.35. The second-order valence-corrected chi connectivity index (χ2v) is 7.91. The van der Waals surface area contributed by atoms with Crippen molar-refractivity contribution in [3.8, 4) is 11.9 Å². The summed E-state index contributed by atoms with van der Waals surface area (Å²) in [6.45, 7) is 1.78. The van der Waals surface area contributed by atoms with Crippen molar-refractivity contribution in [2.45, 2.75) is 31.2 Å². The van der Waals surface area contributed by atoms with Gasteiger partial charge in [-0.25, -0.2) is 18.7 Å². The first-order valence-corrected chi connectivity index (χ1v) is 10.2. The molecule has 2 aliphatic heterocycles. The van der Waals surface area contributed by atoms with Gasteiger partial charge in [-0.3, -0.25) is 4.79 Å². The molecule has 0 unspecified atom stereocenters. The van der Waals surface area contributed by atoms with Crippen LogP contribution in [0.15, 0.2) is 36.7 Å². The number of alkyl halides is 2. The van der Waals surface area contributed by atoms with Crippen molar-refractivity contribution in [2.75, 3.05) is 31.6 Å². The highest BCUT2D eigenvalue weighted by atomic mass is 19.3. The maximum absolute atomic E-state index is 14.7. The summed E-state index contributed by atoms with van der Waals surface area (Å²) in [6.07, 6.45) is 3.10. The second-order valence-electron chi connectivity index (χ2n) is 7.91. The SMILES string of the molecule is COc1cc(C(F)(F)CC[C@H]2C[C@H]3CN(c4ccc(C#N)cn4)CCN3C2=O)ccn1. The molecule has 2 fully saturated rings. The Morgan fingerprint density at radius 3 is 2.84 bits per heavy atom. The summed E-state index contributed by atoms with van der Waals surface area (Å²) in [6, 6.07) is 8.06. The maximum Gasteiger partial charge on any atom is 0.273 e. The number of hydrogen-bond donors (Lipinski definition) is 0. The molecule has 0 bridgehead atoms. The molecule has 2 aromatic rings. The van der Waals surface area contributed by atoms with E-state index in [4.69, 9.17) is 10.00 Å². The topological polar surface area (TPSA) is 82.4 Å².